The maximum atomic E-state index is 12.7. The maximum absolute atomic E-state index is 12.7. The number of halogens is 3. The topological polar surface area (TPSA) is 94.2 Å². The van der Waals surface area contributed by atoms with E-state index in [1.807, 2.05) is 0 Å². The Labute approximate surface area is 177 Å². The molecule has 2 aromatic rings. The van der Waals surface area contributed by atoms with E-state index in [1.54, 1.807) is 0 Å². The van der Waals surface area contributed by atoms with Gasteiger partial charge in [-0.1, -0.05) is 0 Å². The number of carbonyl (C=O) groups is 1. The number of amides is 1. The number of rotatable bonds is 8. The second-order valence-electron chi connectivity index (χ2n) is 6.34. The smallest absolute Gasteiger partial charge is 0.493 e. The first-order valence-corrected chi connectivity index (χ1v) is 10.6. The summed E-state index contributed by atoms with van der Waals surface area (Å²) in [5.41, 5.74) is 0.323. The van der Waals surface area contributed by atoms with E-state index >= 15 is 0 Å². The van der Waals surface area contributed by atoms with Crippen molar-refractivity contribution in [2.75, 3.05) is 30.1 Å². The van der Waals surface area contributed by atoms with Crippen molar-refractivity contribution in [3.8, 4) is 17.2 Å². The first kappa shape index (κ1) is 24.1. The summed E-state index contributed by atoms with van der Waals surface area (Å²) in [5, 5.41) is 2.47. The summed E-state index contributed by atoms with van der Waals surface area (Å²) in [6.45, 7) is 1.37. The summed E-state index contributed by atoms with van der Waals surface area (Å²) >= 11 is 0. The summed E-state index contributed by atoms with van der Waals surface area (Å²) < 4.78 is 76.6. The van der Waals surface area contributed by atoms with Crippen molar-refractivity contribution in [1.82, 2.24) is 0 Å². The molecule has 2 rings (SSSR count). The quantitative estimate of drug-likeness (QED) is 0.646. The minimum atomic E-state index is -4.84. The van der Waals surface area contributed by atoms with Gasteiger partial charge in [0.05, 0.1) is 26.2 Å². The van der Waals surface area contributed by atoms with Crippen LogP contribution in [0.1, 0.15) is 6.92 Å². The van der Waals surface area contributed by atoms with E-state index in [1.165, 1.54) is 51.5 Å². The highest BCUT2D eigenvalue weighted by molar-refractivity contribution is 7.92. The number of alkyl halides is 3. The maximum Gasteiger partial charge on any atom is 0.573 e. The van der Waals surface area contributed by atoms with Crippen molar-refractivity contribution in [2.45, 2.75) is 19.3 Å². The van der Waals surface area contributed by atoms with Crippen LogP contribution in [0, 0.1) is 0 Å². The molecule has 8 nitrogen and oxygen atoms in total. The zero-order valence-electron chi connectivity index (χ0n) is 17.1. The minimum Gasteiger partial charge on any atom is -0.493 e. The van der Waals surface area contributed by atoms with Crippen molar-refractivity contribution < 1.29 is 40.6 Å². The first-order chi connectivity index (χ1) is 14.4. The van der Waals surface area contributed by atoms with E-state index in [0.29, 0.717) is 5.75 Å². The Morgan fingerprint density at radius 2 is 1.61 bits per heavy atom. The fraction of sp³-hybridized carbons (Fsp3) is 0.316. The van der Waals surface area contributed by atoms with Crippen molar-refractivity contribution in [3.63, 3.8) is 0 Å². The van der Waals surface area contributed by atoms with E-state index < -0.39 is 34.1 Å². The molecule has 0 aliphatic heterocycles. The summed E-state index contributed by atoms with van der Waals surface area (Å²) in [6, 6.07) is 7.62. The van der Waals surface area contributed by atoms with Crippen LogP contribution in [0.3, 0.4) is 0 Å². The molecule has 1 amide bonds. The minimum absolute atomic E-state index is 0.159. The van der Waals surface area contributed by atoms with E-state index in [4.69, 9.17) is 9.47 Å². The van der Waals surface area contributed by atoms with Crippen LogP contribution in [0.25, 0.3) is 0 Å². The van der Waals surface area contributed by atoms with Gasteiger partial charge in [0.15, 0.2) is 11.5 Å². The lowest BCUT2D eigenvalue weighted by atomic mass is 10.2. The number of nitrogens with one attached hydrogen (secondary N) is 1. The Hall–Kier alpha value is -3.15. The summed E-state index contributed by atoms with van der Waals surface area (Å²) in [6.07, 6.45) is -3.90. The Morgan fingerprint density at radius 1 is 1.03 bits per heavy atom. The van der Waals surface area contributed by atoms with Crippen LogP contribution < -0.4 is 23.8 Å². The number of sulfonamides is 1. The van der Waals surface area contributed by atoms with Crippen LogP contribution in [-0.2, 0) is 14.8 Å². The predicted molar refractivity (Wildman–Crippen MR) is 108 cm³/mol. The monoisotopic (exact) mass is 462 g/mol. The van der Waals surface area contributed by atoms with Gasteiger partial charge >= 0.3 is 6.36 Å². The van der Waals surface area contributed by atoms with Crippen molar-refractivity contribution in [1.29, 1.82) is 0 Å². The number of ether oxygens (including phenoxy) is 3. The molecule has 0 heterocycles. The van der Waals surface area contributed by atoms with Gasteiger partial charge in [-0.25, -0.2) is 8.42 Å². The summed E-state index contributed by atoms with van der Waals surface area (Å²) in [7, 11) is -1.09. The van der Waals surface area contributed by atoms with E-state index in [9.17, 15) is 26.4 Å². The number of carbonyl (C=O) groups excluding carboxylic acids is 1. The Morgan fingerprint density at radius 3 is 2.10 bits per heavy atom. The Bertz CT molecular complexity index is 1030. The molecule has 0 radical (unpaired) electrons. The van der Waals surface area contributed by atoms with Crippen LogP contribution >= 0.6 is 0 Å². The van der Waals surface area contributed by atoms with Crippen LogP contribution in [0.15, 0.2) is 42.5 Å². The van der Waals surface area contributed by atoms with Gasteiger partial charge in [0.2, 0.25) is 15.9 Å². The predicted octanol–water partition coefficient (Wildman–Crippen LogP) is 3.40. The molecule has 2 aromatic carbocycles. The largest absolute Gasteiger partial charge is 0.573 e. The van der Waals surface area contributed by atoms with Gasteiger partial charge < -0.3 is 19.5 Å². The number of anilines is 2. The molecular weight excluding hydrogens is 441 g/mol. The van der Waals surface area contributed by atoms with Crippen LogP contribution in [0.2, 0.25) is 0 Å². The molecule has 0 fully saturated rings. The molecule has 31 heavy (non-hydrogen) atoms. The van der Waals surface area contributed by atoms with Crippen molar-refractivity contribution in [2.24, 2.45) is 0 Å². The highest BCUT2D eigenvalue weighted by Gasteiger charge is 2.32. The number of methoxy groups -OCH3 is 2. The van der Waals surface area contributed by atoms with Gasteiger partial charge in [-0.3, -0.25) is 9.10 Å². The van der Waals surface area contributed by atoms with Gasteiger partial charge in [-0.15, -0.1) is 13.2 Å². The van der Waals surface area contributed by atoms with Gasteiger partial charge in [0, 0.05) is 11.8 Å². The van der Waals surface area contributed by atoms with E-state index in [-0.39, 0.29) is 17.1 Å². The van der Waals surface area contributed by atoms with Crippen molar-refractivity contribution >= 4 is 27.3 Å². The fourth-order valence-corrected chi connectivity index (χ4v) is 3.92. The highest BCUT2D eigenvalue weighted by atomic mass is 32.2. The van der Waals surface area contributed by atoms with E-state index in [0.717, 1.165) is 22.7 Å². The number of hydrogen-bond donors (Lipinski definition) is 1. The lowest BCUT2D eigenvalue weighted by molar-refractivity contribution is -0.274. The normalized spacial score (nSPS) is 12.6. The standard InChI is InChI=1S/C19H21F3N2O6S/c1-12(18(25)23-13-5-8-15(9-6-13)30-19(20,21)22)24(31(4,26)27)14-7-10-16(28-2)17(11-14)29-3/h5-12H,1-4H3,(H,23,25). The second-order valence-corrected chi connectivity index (χ2v) is 8.19. The van der Waals surface area contributed by atoms with Gasteiger partial charge in [0.25, 0.3) is 0 Å². The lowest BCUT2D eigenvalue weighted by Gasteiger charge is -2.28. The third-order valence-electron chi connectivity index (χ3n) is 4.07. The second kappa shape index (κ2) is 9.33. The zero-order chi connectivity index (χ0) is 23.4. The molecule has 0 aliphatic rings. The number of hydrogen-bond acceptors (Lipinski definition) is 6. The Kier molecular flexibility index (Phi) is 7.26. The van der Waals surface area contributed by atoms with Crippen LogP contribution in [0.5, 0.6) is 17.2 Å². The SMILES string of the molecule is COc1ccc(N(C(C)C(=O)Nc2ccc(OC(F)(F)F)cc2)S(C)(=O)=O)cc1OC. The molecule has 0 saturated carbocycles. The molecule has 12 heteroatoms. The fourth-order valence-electron chi connectivity index (χ4n) is 2.76. The summed E-state index contributed by atoms with van der Waals surface area (Å²) in [5.74, 6) is -0.522. The number of nitrogens with zero attached hydrogens (tertiary/aromatic N) is 1. The lowest BCUT2D eigenvalue weighted by Crippen LogP contribution is -2.45. The first-order valence-electron chi connectivity index (χ1n) is 8.74. The average Bonchev–Trinajstić information content (AvgIpc) is 2.67. The van der Waals surface area contributed by atoms with Gasteiger partial charge in [0.1, 0.15) is 11.8 Å². The van der Waals surface area contributed by atoms with Crippen LogP contribution in [0.4, 0.5) is 24.5 Å². The molecule has 0 spiro atoms. The van der Waals surface area contributed by atoms with Gasteiger partial charge in [-0.05, 0) is 43.3 Å². The molecule has 0 aromatic heterocycles. The average molecular weight is 462 g/mol. The molecule has 0 aliphatic carbocycles. The third-order valence-corrected chi connectivity index (χ3v) is 5.31. The zero-order valence-corrected chi connectivity index (χ0v) is 17.9. The Balaban J connectivity index is 2.26. The molecule has 1 unspecified atom stereocenters. The molecular formula is C19H21F3N2O6S. The number of benzene rings is 2. The van der Waals surface area contributed by atoms with Gasteiger partial charge in [-0.2, -0.15) is 0 Å². The highest BCUT2D eigenvalue weighted by Crippen LogP contribution is 2.33. The molecule has 0 saturated heterocycles. The molecule has 1 atom stereocenters. The molecule has 0 bridgehead atoms. The third kappa shape index (κ3) is 6.41. The van der Waals surface area contributed by atoms with Crippen LogP contribution in [-0.4, -0.2) is 47.2 Å². The summed E-state index contributed by atoms with van der Waals surface area (Å²) in [4.78, 5) is 12.7. The molecule has 170 valence electrons. The van der Waals surface area contributed by atoms with E-state index in [2.05, 4.69) is 10.1 Å². The van der Waals surface area contributed by atoms with Crippen molar-refractivity contribution in [3.05, 3.63) is 42.5 Å². The molecule has 1 N–H and O–H groups in total.